The third-order valence-electron chi connectivity index (χ3n) is 2.45. The lowest BCUT2D eigenvalue weighted by Gasteiger charge is -2.34. The van der Waals surface area contributed by atoms with Gasteiger partial charge in [0.15, 0.2) is 11.9 Å². The lowest BCUT2D eigenvalue weighted by Crippen LogP contribution is -2.53. The largest absolute Gasteiger partial charge is 0.450 e. The van der Waals surface area contributed by atoms with E-state index in [0.29, 0.717) is 6.29 Å². The van der Waals surface area contributed by atoms with Crippen LogP contribution in [-0.4, -0.2) is 41.3 Å². The van der Waals surface area contributed by atoms with Crippen molar-refractivity contribution in [3.63, 3.8) is 0 Å². The number of rotatable bonds is 4. The molecule has 0 rings (SSSR count). The minimum atomic E-state index is -1.17. The Bertz CT molecular complexity index is 307. The van der Waals surface area contributed by atoms with Gasteiger partial charge in [0.1, 0.15) is 5.54 Å². The highest BCUT2D eigenvalue weighted by atomic mass is 16.6. The molecule has 0 atom stereocenters. The smallest absolute Gasteiger partial charge is 0.332 e. The molecule has 5 nitrogen and oxygen atoms in total. The fraction of sp³-hybridized carbons (Fsp3) is 0.727. The fourth-order valence-electron chi connectivity index (χ4n) is 0.918. The minimum absolute atomic E-state index is 0.245. The van der Waals surface area contributed by atoms with Crippen LogP contribution in [0.3, 0.4) is 0 Å². The summed E-state index contributed by atoms with van der Waals surface area (Å²) in [5.74, 6) is -0.854. The maximum atomic E-state index is 11.8. The van der Waals surface area contributed by atoms with Crippen molar-refractivity contribution in [1.29, 1.82) is 0 Å². The Balaban J connectivity index is 4.84. The topological polar surface area (TPSA) is 63.7 Å². The van der Waals surface area contributed by atoms with Gasteiger partial charge in [0.25, 0.3) is 0 Å². The minimum Gasteiger partial charge on any atom is -0.450 e. The normalized spacial score (nSPS) is 11.9. The Kier molecular flexibility index (Phi) is 4.23. The summed E-state index contributed by atoms with van der Waals surface area (Å²) in [5.41, 5.74) is -2.27. The molecule has 0 aliphatic rings. The number of esters is 1. The number of likely N-dealkylation sites (N-methyl/N-ethyl adjacent to an activating group) is 1. The Hall–Kier alpha value is -1.39. The van der Waals surface area contributed by atoms with E-state index in [9.17, 15) is 14.4 Å². The summed E-state index contributed by atoms with van der Waals surface area (Å²) in [6, 6.07) is 0. The summed E-state index contributed by atoms with van der Waals surface area (Å²) in [6.45, 7) is 7.47. The van der Waals surface area contributed by atoms with Crippen LogP contribution in [0.2, 0.25) is 0 Å². The van der Waals surface area contributed by atoms with Crippen LogP contribution in [0.1, 0.15) is 34.6 Å². The van der Waals surface area contributed by atoms with Crippen molar-refractivity contribution in [3.05, 3.63) is 0 Å². The number of carbonyl (C=O) groups is 3. The summed E-state index contributed by atoms with van der Waals surface area (Å²) < 4.78 is 5.02. The van der Waals surface area contributed by atoms with Crippen LogP contribution >= 0.6 is 0 Å². The number of ether oxygens (including phenoxy) is 1. The number of nitrogens with zero attached hydrogens (tertiary/aromatic N) is 1. The molecule has 0 aliphatic heterocycles. The highest BCUT2D eigenvalue weighted by molar-refractivity contribution is 5.87. The van der Waals surface area contributed by atoms with Crippen molar-refractivity contribution >= 4 is 18.2 Å². The summed E-state index contributed by atoms with van der Waals surface area (Å²) in [4.78, 5) is 34.9. The van der Waals surface area contributed by atoms with E-state index in [0.717, 1.165) is 0 Å². The first-order chi connectivity index (χ1) is 7.04. The zero-order valence-electron chi connectivity index (χ0n) is 10.7. The third kappa shape index (κ3) is 3.32. The first kappa shape index (κ1) is 14.6. The fourth-order valence-corrected chi connectivity index (χ4v) is 0.918. The van der Waals surface area contributed by atoms with Gasteiger partial charge in [-0.15, -0.1) is 0 Å². The van der Waals surface area contributed by atoms with Gasteiger partial charge in [-0.25, -0.2) is 4.79 Å². The Morgan fingerprint density at radius 3 is 1.94 bits per heavy atom. The lowest BCUT2D eigenvalue weighted by molar-refractivity contribution is -0.172. The van der Waals surface area contributed by atoms with E-state index in [-0.39, 0.29) is 5.91 Å². The van der Waals surface area contributed by atoms with E-state index < -0.39 is 17.1 Å². The Morgan fingerprint density at radius 1 is 1.19 bits per heavy atom. The predicted octanol–water partition coefficient (Wildman–Crippen LogP) is 0.764. The van der Waals surface area contributed by atoms with E-state index >= 15 is 0 Å². The zero-order valence-corrected chi connectivity index (χ0v) is 10.7. The molecule has 0 saturated carbocycles. The summed E-state index contributed by atoms with van der Waals surface area (Å²) >= 11 is 0. The van der Waals surface area contributed by atoms with Crippen molar-refractivity contribution in [2.24, 2.45) is 0 Å². The lowest BCUT2D eigenvalue weighted by atomic mass is 10.0. The van der Waals surface area contributed by atoms with Gasteiger partial charge in [-0.2, -0.15) is 0 Å². The van der Waals surface area contributed by atoms with E-state index in [4.69, 9.17) is 4.74 Å². The molecule has 0 saturated heterocycles. The maximum Gasteiger partial charge on any atom is 0.332 e. The summed E-state index contributed by atoms with van der Waals surface area (Å²) in [7, 11) is 1.51. The van der Waals surface area contributed by atoms with E-state index in [1.165, 1.54) is 32.7 Å². The second-order valence-corrected chi connectivity index (χ2v) is 4.75. The van der Waals surface area contributed by atoms with Crippen LogP contribution < -0.4 is 0 Å². The number of carbonyl (C=O) groups excluding carboxylic acids is 3. The Morgan fingerprint density at radius 2 is 1.62 bits per heavy atom. The van der Waals surface area contributed by atoms with Crippen LogP contribution in [-0.2, 0) is 19.1 Å². The average Bonchev–Trinajstić information content (AvgIpc) is 2.15. The van der Waals surface area contributed by atoms with Gasteiger partial charge >= 0.3 is 5.97 Å². The van der Waals surface area contributed by atoms with E-state index in [1.54, 1.807) is 13.8 Å². The van der Waals surface area contributed by atoms with Gasteiger partial charge < -0.3 is 9.64 Å². The monoisotopic (exact) mass is 229 g/mol. The molecule has 0 radical (unpaired) electrons. The second kappa shape index (κ2) is 4.63. The highest BCUT2D eigenvalue weighted by Crippen LogP contribution is 2.18. The number of aldehydes is 1. The molecular weight excluding hydrogens is 210 g/mol. The molecule has 92 valence electrons. The molecule has 0 aromatic heterocycles. The van der Waals surface area contributed by atoms with Gasteiger partial charge in [0, 0.05) is 14.0 Å². The van der Waals surface area contributed by atoms with Gasteiger partial charge in [0.2, 0.25) is 5.91 Å². The number of amides is 1. The summed E-state index contributed by atoms with van der Waals surface area (Å²) in [5, 5.41) is 0. The van der Waals surface area contributed by atoms with Crippen molar-refractivity contribution in [2.75, 3.05) is 7.05 Å². The van der Waals surface area contributed by atoms with Gasteiger partial charge in [-0.1, -0.05) is 0 Å². The van der Waals surface area contributed by atoms with Crippen molar-refractivity contribution in [2.45, 2.75) is 45.8 Å². The highest BCUT2D eigenvalue weighted by Gasteiger charge is 2.38. The third-order valence-corrected chi connectivity index (χ3v) is 2.45. The van der Waals surface area contributed by atoms with Crippen LogP contribution in [0.4, 0.5) is 0 Å². The molecule has 0 N–H and O–H groups in total. The zero-order chi connectivity index (χ0) is 13.1. The molecule has 16 heavy (non-hydrogen) atoms. The SMILES string of the molecule is CC(=O)N(C)C(C)(C)C(=O)OC(C)(C)C=O. The molecule has 0 bridgehead atoms. The second-order valence-electron chi connectivity index (χ2n) is 4.75. The molecule has 0 aromatic rings. The molecule has 0 spiro atoms. The van der Waals surface area contributed by atoms with Gasteiger partial charge in [-0.3, -0.25) is 9.59 Å². The Labute approximate surface area is 95.7 Å². The van der Waals surface area contributed by atoms with Crippen LogP contribution in [0.5, 0.6) is 0 Å². The molecule has 0 aromatic carbocycles. The van der Waals surface area contributed by atoms with E-state index in [2.05, 4.69) is 0 Å². The van der Waals surface area contributed by atoms with Gasteiger partial charge in [-0.05, 0) is 27.7 Å². The van der Waals surface area contributed by atoms with Crippen molar-refractivity contribution < 1.29 is 19.1 Å². The predicted molar refractivity (Wildman–Crippen MR) is 58.8 cm³/mol. The molecule has 0 heterocycles. The first-order valence-corrected chi connectivity index (χ1v) is 4.99. The van der Waals surface area contributed by atoms with Crippen molar-refractivity contribution in [3.8, 4) is 0 Å². The van der Waals surface area contributed by atoms with Crippen molar-refractivity contribution in [1.82, 2.24) is 4.90 Å². The van der Waals surface area contributed by atoms with Crippen LogP contribution in [0.15, 0.2) is 0 Å². The maximum absolute atomic E-state index is 11.8. The summed E-state index contributed by atoms with van der Waals surface area (Å²) in [6.07, 6.45) is 0.550. The number of hydrogen-bond acceptors (Lipinski definition) is 4. The first-order valence-electron chi connectivity index (χ1n) is 4.99. The molecule has 0 aliphatic carbocycles. The number of hydrogen-bond donors (Lipinski definition) is 0. The molecular formula is C11H19NO4. The van der Waals surface area contributed by atoms with Gasteiger partial charge in [0.05, 0.1) is 0 Å². The van der Waals surface area contributed by atoms with E-state index in [1.807, 2.05) is 0 Å². The van der Waals surface area contributed by atoms with Crippen LogP contribution in [0, 0.1) is 0 Å². The molecule has 0 unspecified atom stereocenters. The average molecular weight is 229 g/mol. The molecule has 0 fully saturated rings. The quantitative estimate of drug-likeness (QED) is 0.527. The molecule has 1 amide bonds. The molecule has 5 heteroatoms. The standard InChI is InChI=1S/C11H19NO4/c1-8(14)12(6)11(4,5)9(15)16-10(2,3)7-13/h7H,1-6H3. The van der Waals surface area contributed by atoms with Crippen LogP contribution in [0.25, 0.3) is 0 Å².